The van der Waals surface area contributed by atoms with Crippen LogP contribution in [0, 0.1) is 0 Å². The summed E-state index contributed by atoms with van der Waals surface area (Å²) in [4.78, 5) is 14.9. The van der Waals surface area contributed by atoms with Crippen molar-refractivity contribution in [1.29, 1.82) is 0 Å². The summed E-state index contributed by atoms with van der Waals surface area (Å²) >= 11 is 0. The monoisotopic (exact) mass is 244 g/mol. The van der Waals surface area contributed by atoms with Gasteiger partial charge < -0.3 is 25.8 Å². The number of nitrogens with zero attached hydrogens (tertiary/aromatic N) is 3. The smallest absolute Gasteiger partial charge is 0.368 e. The molecule has 1 aromatic rings. The van der Waals surface area contributed by atoms with Gasteiger partial charge in [-0.15, -0.1) is 0 Å². The van der Waals surface area contributed by atoms with E-state index in [-0.39, 0.29) is 5.82 Å². The molecule has 1 aromatic heterocycles. The van der Waals surface area contributed by atoms with Gasteiger partial charge >= 0.3 is 5.69 Å². The zero-order valence-electron chi connectivity index (χ0n) is 8.67. The van der Waals surface area contributed by atoms with Crippen molar-refractivity contribution < 1.29 is 20.1 Å². The summed E-state index contributed by atoms with van der Waals surface area (Å²) in [5, 5.41) is 31.7. The second-order valence-electron chi connectivity index (χ2n) is 3.64. The van der Waals surface area contributed by atoms with Gasteiger partial charge in [-0.05, 0) is 0 Å². The molecule has 0 unspecified atom stereocenters. The first-order valence-corrected chi connectivity index (χ1v) is 4.88. The Morgan fingerprint density at radius 3 is 2.71 bits per heavy atom. The second-order valence-corrected chi connectivity index (χ2v) is 3.64. The summed E-state index contributed by atoms with van der Waals surface area (Å²) in [6, 6.07) is 0. The minimum Gasteiger partial charge on any atom is -0.394 e. The molecule has 9 nitrogen and oxygen atoms in total. The third-order valence-electron chi connectivity index (χ3n) is 2.49. The molecule has 0 spiro atoms. The van der Waals surface area contributed by atoms with Crippen molar-refractivity contribution in [2.75, 3.05) is 12.3 Å². The Morgan fingerprint density at radius 2 is 2.18 bits per heavy atom. The molecule has 0 aromatic carbocycles. The molecule has 1 aliphatic rings. The number of hydrogen-bond acceptors (Lipinski definition) is 8. The molecule has 0 saturated carbocycles. The van der Waals surface area contributed by atoms with E-state index in [0.717, 1.165) is 10.9 Å². The minimum absolute atomic E-state index is 0.0574. The quantitative estimate of drug-likeness (QED) is 0.426. The van der Waals surface area contributed by atoms with Gasteiger partial charge in [0.1, 0.15) is 24.1 Å². The third-order valence-corrected chi connectivity index (χ3v) is 2.49. The zero-order valence-corrected chi connectivity index (χ0v) is 8.67. The van der Waals surface area contributed by atoms with Gasteiger partial charge in [0.2, 0.25) is 0 Å². The molecule has 94 valence electrons. The Labute approximate surface area is 95.1 Å². The van der Waals surface area contributed by atoms with Crippen molar-refractivity contribution in [3.8, 4) is 0 Å². The van der Waals surface area contributed by atoms with Crippen molar-refractivity contribution >= 4 is 5.82 Å². The summed E-state index contributed by atoms with van der Waals surface area (Å²) in [6.45, 7) is -0.480. The van der Waals surface area contributed by atoms with Crippen LogP contribution in [0.5, 0.6) is 0 Å². The molecule has 1 aliphatic heterocycles. The van der Waals surface area contributed by atoms with Crippen molar-refractivity contribution in [3.05, 3.63) is 16.7 Å². The highest BCUT2D eigenvalue weighted by Crippen LogP contribution is 2.27. The fourth-order valence-corrected chi connectivity index (χ4v) is 1.62. The average molecular weight is 244 g/mol. The van der Waals surface area contributed by atoms with Gasteiger partial charge in [-0.1, -0.05) is 0 Å². The van der Waals surface area contributed by atoms with E-state index in [1.807, 2.05) is 0 Å². The molecule has 4 atom stereocenters. The molecule has 2 rings (SSSR count). The van der Waals surface area contributed by atoms with Crippen LogP contribution in [0.25, 0.3) is 0 Å². The predicted molar refractivity (Wildman–Crippen MR) is 53.7 cm³/mol. The van der Waals surface area contributed by atoms with E-state index in [1.165, 1.54) is 0 Å². The largest absolute Gasteiger partial charge is 0.394 e. The van der Waals surface area contributed by atoms with E-state index in [9.17, 15) is 15.0 Å². The SMILES string of the molecule is Nc1cnn([C@@H]2O[C@H](CO)[C@@H](O)[C@@H]2O)c(=O)n1. The Kier molecular flexibility index (Phi) is 3.07. The summed E-state index contributed by atoms with van der Waals surface area (Å²) in [6.07, 6.45) is -3.71. The molecule has 17 heavy (non-hydrogen) atoms. The van der Waals surface area contributed by atoms with E-state index in [4.69, 9.17) is 15.6 Å². The fraction of sp³-hybridized carbons (Fsp3) is 0.625. The van der Waals surface area contributed by atoms with Crippen LogP contribution in [0.3, 0.4) is 0 Å². The predicted octanol–water partition coefficient (Wildman–Crippen LogP) is -3.17. The van der Waals surface area contributed by atoms with Crippen molar-refractivity contribution in [1.82, 2.24) is 14.8 Å². The molecule has 2 heterocycles. The summed E-state index contributed by atoms with van der Waals surface area (Å²) in [7, 11) is 0. The van der Waals surface area contributed by atoms with Gasteiger partial charge in [0.05, 0.1) is 12.8 Å². The van der Waals surface area contributed by atoms with E-state index in [0.29, 0.717) is 0 Å². The lowest BCUT2D eigenvalue weighted by Gasteiger charge is -2.15. The van der Waals surface area contributed by atoms with Crippen LogP contribution in [0.15, 0.2) is 11.0 Å². The molecule has 0 aliphatic carbocycles. The van der Waals surface area contributed by atoms with Crippen molar-refractivity contribution in [2.45, 2.75) is 24.5 Å². The number of aromatic nitrogens is 3. The lowest BCUT2D eigenvalue weighted by Crippen LogP contribution is -2.37. The van der Waals surface area contributed by atoms with Crippen molar-refractivity contribution in [2.24, 2.45) is 0 Å². The first-order chi connectivity index (χ1) is 8.04. The van der Waals surface area contributed by atoms with Crippen LogP contribution >= 0.6 is 0 Å². The molecule has 0 radical (unpaired) electrons. The fourth-order valence-electron chi connectivity index (χ4n) is 1.62. The van der Waals surface area contributed by atoms with Crippen LogP contribution in [0.1, 0.15) is 6.23 Å². The molecule has 9 heteroatoms. The molecule has 0 amide bonds. The maximum Gasteiger partial charge on any atom is 0.368 e. The number of nitrogens with two attached hydrogens (primary N) is 1. The maximum atomic E-state index is 11.4. The van der Waals surface area contributed by atoms with Gasteiger partial charge in [-0.2, -0.15) is 14.8 Å². The van der Waals surface area contributed by atoms with Gasteiger partial charge in [-0.3, -0.25) is 0 Å². The maximum absolute atomic E-state index is 11.4. The minimum atomic E-state index is -1.37. The van der Waals surface area contributed by atoms with Gasteiger partial charge in [0.15, 0.2) is 6.23 Å². The lowest BCUT2D eigenvalue weighted by molar-refractivity contribution is -0.0616. The van der Waals surface area contributed by atoms with E-state index in [1.54, 1.807) is 0 Å². The molecular weight excluding hydrogens is 232 g/mol. The highest BCUT2D eigenvalue weighted by atomic mass is 16.6. The Balaban J connectivity index is 2.32. The second kappa shape index (κ2) is 4.37. The normalized spacial score (nSPS) is 32.9. The van der Waals surface area contributed by atoms with Crippen LogP contribution in [0.2, 0.25) is 0 Å². The Morgan fingerprint density at radius 1 is 1.47 bits per heavy atom. The van der Waals surface area contributed by atoms with Crippen LogP contribution < -0.4 is 11.4 Å². The first kappa shape index (κ1) is 11.9. The molecule has 0 bridgehead atoms. The van der Waals surface area contributed by atoms with Gasteiger partial charge in [0.25, 0.3) is 0 Å². The molecule has 1 fully saturated rings. The number of hydrogen-bond donors (Lipinski definition) is 4. The van der Waals surface area contributed by atoms with Crippen LogP contribution in [-0.2, 0) is 4.74 Å². The Bertz CT molecular complexity index is 463. The lowest BCUT2D eigenvalue weighted by atomic mass is 10.1. The molecule has 1 saturated heterocycles. The third kappa shape index (κ3) is 2.00. The standard InChI is InChI=1S/C8H12N4O5/c9-4-1-10-12(8(16)11-4)7-6(15)5(14)3(2-13)17-7/h1,3,5-7,13-15H,2H2,(H2,9,11,16)/t3-,5-,6+,7-/m1/s1. The Hall–Kier alpha value is -1.55. The molecular formula is C8H12N4O5. The number of aliphatic hydroxyl groups excluding tert-OH is 3. The van der Waals surface area contributed by atoms with E-state index < -0.39 is 36.8 Å². The number of nitrogen functional groups attached to an aromatic ring is 1. The first-order valence-electron chi connectivity index (χ1n) is 4.88. The number of ether oxygens (including phenoxy) is 1. The summed E-state index contributed by atoms with van der Waals surface area (Å²) in [5.74, 6) is -0.0574. The highest BCUT2D eigenvalue weighted by molar-refractivity contribution is 5.19. The van der Waals surface area contributed by atoms with Crippen molar-refractivity contribution in [3.63, 3.8) is 0 Å². The average Bonchev–Trinajstić information content (AvgIpc) is 2.57. The van der Waals surface area contributed by atoms with Crippen LogP contribution in [-0.4, -0.2) is 55.0 Å². The van der Waals surface area contributed by atoms with Gasteiger partial charge in [0, 0.05) is 0 Å². The number of aliphatic hydroxyl groups is 3. The van der Waals surface area contributed by atoms with E-state index >= 15 is 0 Å². The number of anilines is 1. The zero-order chi connectivity index (χ0) is 12.6. The summed E-state index contributed by atoms with van der Waals surface area (Å²) < 4.78 is 5.88. The van der Waals surface area contributed by atoms with E-state index in [2.05, 4.69) is 10.1 Å². The summed E-state index contributed by atoms with van der Waals surface area (Å²) in [5.41, 5.74) is 4.46. The molecule has 5 N–H and O–H groups in total. The topological polar surface area (TPSA) is 144 Å². The number of rotatable bonds is 2. The highest BCUT2D eigenvalue weighted by Gasteiger charge is 2.44. The van der Waals surface area contributed by atoms with Crippen LogP contribution in [0.4, 0.5) is 5.82 Å². The van der Waals surface area contributed by atoms with Gasteiger partial charge in [-0.25, -0.2) is 4.79 Å².